The van der Waals surface area contributed by atoms with E-state index in [-0.39, 0.29) is 11.9 Å². The lowest BCUT2D eigenvalue weighted by atomic mass is 10.0. The summed E-state index contributed by atoms with van der Waals surface area (Å²) < 4.78 is 13.9. The van der Waals surface area contributed by atoms with E-state index in [0.29, 0.717) is 6.54 Å². The molecule has 3 nitrogen and oxygen atoms in total. The molecule has 1 aromatic rings. The lowest BCUT2D eigenvalue weighted by molar-refractivity contribution is 0.114. The van der Waals surface area contributed by atoms with Crippen LogP contribution in [0, 0.1) is 5.82 Å². The fourth-order valence-corrected chi connectivity index (χ4v) is 2.99. The highest BCUT2D eigenvalue weighted by Crippen LogP contribution is 2.28. The summed E-state index contributed by atoms with van der Waals surface area (Å²) in [5, 5.41) is 0. The van der Waals surface area contributed by atoms with Crippen molar-refractivity contribution in [1.29, 1.82) is 0 Å². The average Bonchev–Trinajstić information content (AvgIpc) is 2.35. The molecule has 1 aliphatic rings. The van der Waals surface area contributed by atoms with Crippen molar-refractivity contribution in [3.8, 4) is 0 Å². The van der Waals surface area contributed by atoms with E-state index in [4.69, 9.17) is 5.73 Å². The molecule has 0 radical (unpaired) electrons. The normalized spacial score (nSPS) is 20.0. The van der Waals surface area contributed by atoms with Crippen LogP contribution in [0.15, 0.2) is 22.7 Å². The zero-order valence-electron chi connectivity index (χ0n) is 10.6. The molecule has 0 saturated carbocycles. The summed E-state index contributed by atoms with van der Waals surface area (Å²) in [7, 11) is 2.13. The van der Waals surface area contributed by atoms with Crippen molar-refractivity contribution < 1.29 is 4.39 Å². The van der Waals surface area contributed by atoms with Crippen LogP contribution in [0.2, 0.25) is 0 Å². The van der Waals surface area contributed by atoms with Gasteiger partial charge in [0.1, 0.15) is 5.82 Å². The molecule has 0 aromatic heterocycles. The third kappa shape index (κ3) is 3.09. The van der Waals surface area contributed by atoms with E-state index in [9.17, 15) is 4.39 Å². The maximum atomic E-state index is 13.1. The Labute approximate surface area is 116 Å². The van der Waals surface area contributed by atoms with Gasteiger partial charge >= 0.3 is 0 Å². The minimum atomic E-state index is -0.222. The number of rotatable bonds is 3. The van der Waals surface area contributed by atoms with Gasteiger partial charge in [0.15, 0.2) is 0 Å². The van der Waals surface area contributed by atoms with E-state index >= 15 is 0 Å². The second-order valence-electron chi connectivity index (χ2n) is 4.76. The van der Waals surface area contributed by atoms with Crippen molar-refractivity contribution >= 4 is 15.9 Å². The summed E-state index contributed by atoms with van der Waals surface area (Å²) in [6, 6.07) is 5.00. The second kappa shape index (κ2) is 6.10. The van der Waals surface area contributed by atoms with Crippen LogP contribution in [0.1, 0.15) is 11.6 Å². The van der Waals surface area contributed by atoms with E-state index in [2.05, 4.69) is 32.8 Å². The first-order valence-electron chi connectivity index (χ1n) is 6.19. The Bertz CT molecular complexity index is 405. The minimum absolute atomic E-state index is 0.161. The van der Waals surface area contributed by atoms with E-state index < -0.39 is 0 Å². The van der Waals surface area contributed by atoms with Crippen LogP contribution in [-0.4, -0.2) is 49.6 Å². The lowest BCUT2D eigenvalue weighted by Gasteiger charge is -2.38. The first-order valence-corrected chi connectivity index (χ1v) is 6.98. The van der Waals surface area contributed by atoms with Crippen LogP contribution in [0.3, 0.4) is 0 Å². The average molecular weight is 316 g/mol. The second-order valence-corrected chi connectivity index (χ2v) is 5.61. The van der Waals surface area contributed by atoms with Gasteiger partial charge in [0.25, 0.3) is 0 Å². The standard InChI is InChI=1S/C13H19BrFN3/c1-17-4-6-18(7-5-17)13(9-16)11-3-2-10(15)8-12(11)14/h2-3,8,13H,4-7,9,16H2,1H3. The summed E-state index contributed by atoms with van der Waals surface area (Å²) in [6.45, 7) is 4.66. The summed E-state index contributed by atoms with van der Waals surface area (Å²) in [5.74, 6) is -0.222. The zero-order valence-corrected chi connectivity index (χ0v) is 12.2. The monoisotopic (exact) mass is 315 g/mol. The molecule has 2 N–H and O–H groups in total. The molecule has 1 fully saturated rings. The summed E-state index contributed by atoms with van der Waals surface area (Å²) >= 11 is 3.43. The molecule has 1 unspecified atom stereocenters. The maximum Gasteiger partial charge on any atom is 0.124 e. The number of nitrogens with zero attached hydrogens (tertiary/aromatic N) is 2. The van der Waals surface area contributed by atoms with Gasteiger partial charge in [0, 0.05) is 43.2 Å². The van der Waals surface area contributed by atoms with Crippen LogP contribution in [-0.2, 0) is 0 Å². The topological polar surface area (TPSA) is 32.5 Å². The van der Waals surface area contributed by atoms with Crippen molar-refractivity contribution in [2.45, 2.75) is 6.04 Å². The molecule has 18 heavy (non-hydrogen) atoms. The highest BCUT2D eigenvalue weighted by atomic mass is 79.9. The number of hydrogen-bond donors (Lipinski definition) is 1. The van der Waals surface area contributed by atoms with Gasteiger partial charge in [-0.05, 0) is 24.7 Å². The highest BCUT2D eigenvalue weighted by Gasteiger charge is 2.24. The van der Waals surface area contributed by atoms with Crippen molar-refractivity contribution in [2.24, 2.45) is 5.73 Å². The van der Waals surface area contributed by atoms with Crippen LogP contribution in [0.5, 0.6) is 0 Å². The molecule has 2 rings (SSSR count). The largest absolute Gasteiger partial charge is 0.329 e. The van der Waals surface area contributed by atoms with Gasteiger partial charge in [-0.2, -0.15) is 0 Å². The van der Waals surface area contributed by atoms with E-state index in [0.717, 1.165) is 36.2 Å². The predicted molar refractivity (Wildman–Crippen MR) is 75.0 cm³/mol. The summed E-state index contributed by atoms with van der Waals surface area (Å²) in [6.07, 6.45) is 0. The van der Waals surface area contributed by atoms with Gasteiger partial charge in [0.2, 0.25) is 0 Å². The van der Waals surface area contributed by atoms with E-state index in [1.807, 2.05) is 6.07 Å². The first kappa shape index (κ1) is 13.9. The lowest BCUT2D eigenvalue weighted by Crippen LogP contribution is -2.47. The predicted octanol–water partition coefficient (Wildman–Crippen LogP) is 1.84. The number of likely N-dealkylation sites (N-methyl/N-ethyl adjacent to an activating group) is 1. The van der Waals surface area contributed by atoms with Gasteiger partial charge in [-0.1, -0.05) is 22.0 Å². The number of piperazine rings is 1. The van der Waals surface area contributed by atoms with Gasteiger partial charge in [-0.25, -0.2) is 4.39 Å². The molecular weight excluding hydrogens is 297 g/mol. The molecule has 0 amide bonds. The Balaban J connectivity index is 2.17. The number of benzene rings is 1. The number of nitrogens with two attached hydrogens (primary N) is 1. The quantitative estimate of drug-likeness (QED) is 0.923. The number of hydrogen-bond acceptors (Lipinski definition) is 3. The van der Waals surface area contributed by atoms with E-state index in [1.165, 1.54) is 12.1 Å². The van der Waals surface area contributed by atoms with Crippen LogP contribution in [0.4, 0.5) is 4.39 Å². The first-order chi connectivity index (χ1) is 8.61. The zero-order chi connectivity index (χ0) is 13.1. The molecule has 5 heteroatoms. The molecule has 0 spiro atoms. The van der Waals surface area contributed by atoms with Crippen LogP contribution < -0.4 is 5.73 Å². The molecule has 0 bridgehead atoms. The van der Waals surface area contributed by atoms with Crippen LogP contribution in [0.25, 0.3) is 0 Å². The Hall–Kier alpha value is -0.490. The third-order valence-corrected chi connectivity index (χ3v) is 4.21. The van der Waals surface area contributed by atoms with Crippen molar-refractivity contribution in [3.05, 3.63) is 34.1 Å². The molecule has 0 aliphatic carbocycles. The number of halogens is 2. The molecule has 1 heterocycles. The molecule has 1 saturated heterocycles. The van der Waals surface area contributed by atoms with Gasteiger partial charge < -0.3 is 10.6 Å². The Morgan fingerprint density at radius 3 is 2.56 bits per heavy atom. The Morgan fingerprint density at radius 1 is 1.33 bits per heavy atom. The third-order valence-electron chi connectivity index (χ3n) is 3.52. The minimum Gasteiger partial charge on any atom is -0.329 e. The van der Waals surface area contributed by atoms with Gasteiger partial charge in [0.05, 0.1) is 0 Å². The fraction of sp³-hybridized carbons (Fsp3) is 0.538. The SMILES string of the molecule is CN1CCN(C(CN)c2ccc(F)cc2Br)CC1. The van der Waals surface area contributed by atoms with Crippen molar-refractivity contribution in [1.82, 2.24) is 9.80 Å². The fourth-order valence-electron chi connectivity index (χ4n) is 2.38. The van der Waals surface area contributed by atoms with Crippen LogP contribution >= 0.6 is 15.9 Å². The maximum absolute atomic E-state index is 13.1. The molecule has 1 atom stereocenters. The summed E-state index contributed by atoms with van der Waals surface area (Å²) in [4.78, 5) is 4.68. The van der Waals surface area contributed by atoms with Crippen molar-refractivity contribution in [2.75, 3.05) is 39.8 Å². The van der Waals surface area contributed by atoms with Crippen molar-refractivity contribution in [3.63, 3.8) is 0 Å². The summed E-state index contributed by atoms with van der Waals surface area (Å²) in [5.41, 5.74) is 6.98. The highest BCUT2D eigenvalue weighted by molar-refractivity contribution is 9.10. The van der Waals surface area contributed by atoms with E-state index in [1.54, 1.807) is 0 Å². The molecule has 100 valence electrons. The van der Waals surface area contributed by atoms with Gasteiger partial charge in [-0.3, -0.25) is 4.90 Å². The Morgan fingerprint density at radius 2 is 2.00 bits per heavy atom. The molecule has 1 aliphatic heterocycles. The molecule has 1 aromatic carbocycles. The molecular formula is C13H19BrFN3. The smallest absolute Gasteiger partial charge is 0.124 e. The Kier molecular flexibility index (Phi) is 4.72. The van der Waals surface area contributed by atoms with Gasteiger partial charge in [-0.15, -0.1) is 0 Å².